The van der Waals surface area contributed by atoms with Crippen molar-refractivity contribution >= 4 is 21.6 Å². The van der Waals surface area contributed by atoms with Gasteiger partial charge in [0.25, 0.3) is 0 Å². The molecule has 0 aliphatic rings. The van der Waals surface area contributed by atoms with E-state index >= 15 is 0 Å². The number of halogens is 1. The van der Waals surface area contributed by atoms with Crippen LogP contribution in [0.1, 0.15) is 20.3 Å². The number of anilines is 1. The molecular weight excluding hydrogens is 292 g/mol. The van der Waals surface area contributed by atoms with E-state index in [1.165, 1.54) is 5.69 Å². The van der Waals surface area contributed by atoms with Gasteiger partial charge >= 0.3 is 0 Å². The average molecular weight is 315 g/mol. The van der Waals surface area contributed by atoms with Crippen molar-refractivity contribution in [1.82, 2.24) is 0 Å². The summed E-state index contributed by atoms with van der Waals surface area (Å²) < 4.78 is 6.22. The monoisotopic (exact) mass is 314 g/mol. The van der Waals surface area contributed by atoms with Gasteiger partial charge in [0.2, 0.25) is 0 Å². The standard InChI is InChI=1S/C14H23BrN2O/c1-14(2,7-8-16)10-17(3)11-5-6-13(18-4)12(15)9-11/h5-6,9H,7-8,10,16H2,1-4H3. The highest BCUT2D eigenvalue weighted by molar-refractivity contribution is 9.10. The van der Waals surface area contributed by atoms with Gasteiger partial charge in [-0.2, -0.15) is 0 Å². The predicted octanol–water partition coefficient (Wildman–Crippen LogP) is 3.27. The van der Waals surface area contributed by atoms with Gasteiger partial charge in [0.15, 0.2) is 0 Å². The summed E-state index contributed by atoms with van der Waals surface area (Å²) in [6.07, 6.45) is 1.02. The van der Waals surface area contributed by atoms with Crippen LogP contribution in [0.2, 0.25) is 0 Å². The van der Waals surface area contributed by atoms with Gasteiger partial charge < -0.3 is 15.4 Å². The van der Waals surface area contributed by atoms with E-state index in [1.54, 1.807) is 7.11 Å². The molecule has 0 unspecified atom stereocenters. The second-order valence-electron chi connectivity index (χ2n) is 5.38. The summed E-state index contributed by atoms with van der Waals surface area (Å²) >= 11 is 3.51. The Morgan fingerprint density at radius 2 is 2.06 bits per heavy atom. The molecule has 0 radical (unpaired) electrons. The Morgan fingerprint density at radius 3 is 2.56 bits per heavy atom. The molecule has 0 aliphatic heterocycles. The number of hydrogen-bond acceptors (Lipinski definition) is 3. The highest BCUT2D eigenvalue weighted by atomic mass is 79.9. The first kappa shape index (κ1) is 15.3. The van der Waals surface area contributed by atoms with Gasteiger partial charge in [-0.1, -0.05) is 13.8 Å². The average Bonchev–Trinajstić information content (AvgIpc) is 2.28. The lowest BCUT2D eigenvalue weighted by molar-refractivity contribution is 0.347. The first-order valence-electron chi connectivity index (χ1n) is 6.14. The molecule has 0 amide bonds. The molecule has 0 saturated heterocycles. The van der Waals surface area contributed by atoms with Crippen LogP contribution >= 0.6 is 15.9 Å². The zero-order valence-corrected chi connectivity index (χ0v) is 13.3. The van der Waals surface area contributed by atoms with Crippen LogP contribution in [-0.4, -0.2) is 27.2 Å². The number of methoxy groups -OCH3 is 1. The van der Waals surface area contributed by atoms with Gasteiger partial charge in [0.05, 0.1) is 11.6 Å². The molecule has 0 atom stereocenters. The SMILES string of the molecule is COc1ccc(N(C)CC(C)(C)CCN)cc1Br. The fourth-order valence-corrected chi connectivity index (χ4v) is 2.62. The van der Waals surface area contributed by atoms with E-state index < -0.39 is 0 Å². The number of hydrogen-bond donors (Lipinski definition) is 1. The fraction of sp³-hybridized carbons (Fsp3) is 0.571. The Hall–Kier alpha value is -0.740. The molecule has 1 aromatic carbocycles. The maximum absolute atomic E-state index is 5.65. The van der Waals surface area contributed by atoms with Gasteiger partial charge in [-0.05, 0) is 52.5 Å². The zero-order chi connectivity index (χ0) is 13.8. The highest BCUT2D eigenvalue weighted by Gasteiger charge is 2.19. The van der Waals surface area contributed by atoms with E-state index in [1.807, 2.05) is 6.07 Å². The van der Waals surface area contributed by atoms with Crippen LogP contribution in [0.25, 0.3) is 0 Å². The van der Waals surface area contributed by atoms with Crippen LogP contribution in [0.5, 0.6) is 5.75 Å². The van der Waals surface area contributed by atoms with Crippen molar-refractivity contribution in [3.05, 3.63) is 22.7 Å². The highest BCUT2D eigenvalue weighted by Crippen LogP contribution is 2.31. The predicted molar refractivity (Wildman–Crippen MR) is 81.4 cm³/mol. The first-order valence-corrected chi connectivity index (χ1v) is 6.93. The summed E-state index contributed by atoms with van der Waals surface area (Å²) in [4.78, 5) is 2.25. The van der Waals surface area contributed by atoms with Crippen LogP contribution in [0.15, 0.2) is 22.7 Å². The van der Waals surface area contributed by atoms with E-state index in [2.05, 4.69) is 53.9 Å². The second-order valence-corrected chi connectivity index (χ2v) is 6.23. The molecule has 2 N–H and O–H groups in total. The van der Waals surface area contributed by atoms with Crippen LogP contribution in [0.4, 0.5) is 5.69 Å². The van der Waals surface area contributed by atoms with E-state index in [0.717, 1.165) is 29.7 Å². The Kier molecular flexibility index (Phi) is 5.47. The third-order valence-electron chi connectivity index (χ3n) is 3.06. The van der Waals surface area contributed by atoms with Crippen molar-refractivity contribution in [1.29, 1.82) is 0 Å². The Bertz CT molecular complexity index is 393. The number of ether oxygens (including phenoxy) is 1. The van der Waals surface area contributed by atoms with Gasteiger partial charge in [-0.3, -0.25) is 0 Å². The molecule has 0 spiro atoms. The lowest BCUT2D eigenvalue weighted by Gasteiger charge is -2.31. The van der Waals surface area contributed by atoms with Gasteiger partial charge in [-0.25, -0.2) is 0 Å². The Labute approximate surface area is 118 Å². The van der Waals surface area contributed by atoms with E-state index in [0.29, 0.717) is 0 Å². The second kappa shape index (κ2) is 6.43. The molecule has 0 aliphatic carbocycles. The number of rotatable bonds is 6. The van der Waals surface area contributed by atoms with Crippen LogP contribution < -0.4 is 15.4 Å². The van der Waals surface area contributed by atoms with Crippen molar-refractivity contribution < 1.29 is 4.74 Å². The molecule has 1 aromatic rings. The summed E-state index contributed by atoms with van der Waals surface area (Å²) in [6.45, 7) is 6.19. The van der Waals surface area contributed by atoms with E-state index in [-0.39, 0.29) is 5.41 Å². The normalized spacial score (nSPS) is 11.4. The van der Waals surface area contributed by atoms with Crippen LogP contribution in [0, 0.1) is 5.41 Å². The van der Waals surface area contributed by atoms with Crippen molar-refractivity contribution in [3.63, 3.8) is 0 Å². The number of benzene rings is 1. The molecule has 3 nitrogen and oxygen atoms in total. The number of nitrogens with zero attached hydrogens (tertiary/aromatic N) is 1. The maximum atomic E-state index is 5.65. The van der Waals surface area contributed by atoms with Gasteiger partial charge in [0, 0.05) is 19.3 Å². The summed E-state index contributed by atoms with van der Waals surface area (Å²) in [5, 5.41) is 0. The fourth-order valence-electron chi connectivity index (χ4n) is 2.10. The molecule has 102 valence electrons. The molecule has 0 bridgehead atoms. The quantitative estimate of drug-likeness (QED) is 0.875. The van der Waals surface area contributed by atoms with Crippen molar-refractivity contribution in [2.45, 2.75) is 20.3 Å². The maximum Gasteiger partial charge on any atom is 0.133 e. The minimum Gasteiger partial charge on any atom is -0.496 e. The Morgan fingerprint density at radius 1 is 1.39 bits per heavy atom. The number of nitrogens with two attached hydrogens (primary N) is 1. The molecule has 1 rings (SSSR count). The van der Waals surface area contributed by atoms with E-state index in [9.17, 15) is 0 Å². The third kappa shape index (κ3) is 4.18. The van der Waals surface area contributed by atoms with E-state index in [4.69, 9.17) is 10.5 Å². The third-order valence-corrected chi connectivity index (χ3v) is 3.68. The van der Waals surface area contributed by atoms with Gasteiger partial charge in [-0.15, -0.1) is 0 Å². The molecule has 4 heteroatoms. The molecule has 18 heavy (non-hydrogen) atoms. The van der Waals surface area contributed by atoms with Crippen molar-refractivity contribution in [2.24, 2.45) is 11.1 Å². The smallest absolute Gasteiger partial charge is 0.133 e. The lowest BCUT2D eigenvalue weighted by Crippen LogP contribution is -2.32. The first-order chi connectivity index (χ1) is 8.39. The molecule has 0 aromatic heterocycles. The minimum atomic E-state index is 0.218. The zero-order valence-electron chi connectivity index (χ0n) is 11.7. The topological polar surface area (TPSA) is 38.5 Å². The molecule has 0 saturated carbocycles. The summed E-state index contributed by atoms with van der Waals surface area (Å²) in [5.74, 6) is 0.855. The van der Waals surface area contributed by atoms with Crippen molar-refractivity contribution in [2.75, 3.05) is 32.1 Å². The Balaban J connectivity index is 2.78. The summed E-state index contributed by atoms with van der Waals surface area (Å²) in [7, 11) is 3.78. The largest absolute Gasteiger partial charge is 0.496 e. The van der Waals surface area contributed by atoms with Crippen LogP contribution in [0.3, 0.4) is 0 Å². The van der Waals surface area contributed by atoms with Crippen LogP contribution in [-0.2, 0) is 0 Å². The molecule has 0 fully saturated rings. The minimum absolute atomic E-state index is 0.218. The lowest BCUT2D eigenvalue weighted by atomic mass is 9.89. The molecule has 0 heterocycles. The van der Waals surface area contributed by atoms with Gasteiger partial charge in [0.1, 0.15) is 5.75 Å². The summed E-state index contributed by atoms with van der Waals surface area (Å²) in [6, 6.07) is 6.13. The summed E-state index contributed by atoms with van der Waals surface area (Å²) in [5.41, 5.74) is 7.04. The molecular formula is C14H23BrN2O. The van der Waals surface area contributed by atoms with Crippen molar-refractivity contribution in [3.8, 4) is 5.75 Å².